The SMILES string of the molecule is C=CCC(NC(=O)OCC1c2ccccc2-c2ccccc21)C(=O)NC(CCS(C)(=O)=O)C(=O)O. The number of carboxylic acids is 1. The predicted octanol–water partition coefficient (Wildman–Crippen LogP) is 2.47. The lowest BCUT2D eigenvalue weighted by Gasteiger charge is -2.21. The molecule has 186 valence electrons. The molecule has 2 aromatic rings. The smallest absolute Gasteiger partial charge is 0.407 e. The zero-order valence-electron chi connectivity index (χ0n) is 19.3. The molecule has 0 saturated carbocycles. The van der Waals surface area contributed by atoms with Crippen molar-refractivity contribution in [2.75, 3.05) is 18.6 Å². The van der Waals surface area contributed by atoms with E-state index in [4.69, 9.17) is 4.74 Å². The Balaban J connectivity index is 1.63. The van der Waals surface area contributed by atoms with Crippen molar-refractivity contribution in [2.45, 2.75) is 30.8 Å². The van der Waals surface area contributed by atoms with E-state index in [2.05, 4.69) is 17.2 Å². The summed E-state index contributed by atoms with van der Waals surface area (Å²) in [5.74, 6) is -2.72. The molecule has 0 spiro atoms. The molecule has 10 heteroatoms. The van der Waals surface area contributed by atoms with Gasteiger partial charge in [0, 0.05) is 12.2 Å². The van der Waals surface area contributed by atoms with E-state index in [1.54, 1.807) is 0 Å². The molecule has 0 aromatic heterocycles. The van der Waals surface area contributed by atoms with Crippen molar-refractivity contribution in [1.82, 2.24) is 10.6 Å². The first kappa shape index (κ1) is 26.0. The Labute approximate surface area is 204 Å². The van der Waals surface area contributed by atoms with E-state index in [1.165, 1.54) is 6.08 Å². The number of amides is 2. The lowest BCUT2D eigenvalue weighted by molar-refractivity contribution is -0.142. The zero-order valence-corrected chi connectivity index (χ0v) is 20.1. The van der Waals surface area contributed by atoms with Gasteiger partial charge in [-0.25, -0.2) is 18.0 Å². The van der Waals surface area contributed by atoms with Crippen LogP contribution in [0.3, 0.4) is 0 Å². The number of alkyl carbamates (subject to hydrolysis) is 1. The third-order valence-electron chi connectivity index (χ3n) is 5.75. The summed E-state index contributed by atoms with van der Waals surface area (Å²) in [4.78, 5) is 36.7. The largest absolute Gasteiger partial charge is 0.480 e. The molecule has 1 aliphatic carbocycles. The van der Waals surface area contributed by atoms with E-state index in [0.717, 1.165) is 28.5 Å². The first-order valence-electron chi connectivity index (χ1n) is 11.0. The molecule has 0 saturated heterocycles. The number of hydrogen-bond donors (Lipinski definition) is 3. The lowest BCUT2D eigenvalue weighted by Crippen LogP contribution is -2.52. The van der Waals surface area contributed by atoms with Gasteiger partial charge in [0.05, 0.1) is 5.75 Å². The normalized spacial score (nSPS) is 14.2. The fraction of sp³-hybridized carbons (Fsp3) is 0.320. The number of nitrogens with one attached hydrogen (secondary N) is 2. The molecule has 2 unspecified atom stereocenters. The number of carbonyl (C=O) groups is 3. The number of hydrogen-bond acceptors (Lipinski definition) is 6. The number of carboxylic acid groups (broad SMARTS) is 1. The topological polar surface area (TPSA) is 139 Å². The van der Waals surface area contributed by atoms with Gasteiger partial charge >= 0.3 is 12.1 Å². The van der Waals surface area contributed by atoms with Crippen molar-refractivity contribution in [3.63, 3.8) is 0 Å². The standard InChI is InChI=1S/C25H28N2O7S/c1-3-8-21(23(28)26-22(24(29)30)13-14-35(2,32)33)27-25(31)34-15-20-18-11-6-4-9-16(18)17-10-5-7-12-19(17)20/h3-7,9-12,20-22H,1,8,13-15H2,2H3,(H,26,28)(H,27,31)(H,29,30). The number of carbonyl (C=O) groups excluding carboxylic acids is 2. The van der Waals surface area contributed by atoms with Gasteiger partial charge in [0.15, 0.2) is 0 Å². The molecule has 2 amide bonds. The summed E-state index contributed by atoms with van der Waals surface area (Å²) in [6, 6.07) is 13.2. The molecular weight excluding hydrogens is 472 g/mol. The molecule has 0 fully saturated rings. The van der Waals surface area contributed by atoms with Gasteiger partial charge in [0.25, 0.3) is 0 Å². The van der Waals surface area contributed by atoms with Crippen LogP contribution in [-0.4, -0.2) is 62.2 Å². The maximum atomic E-state index is 12.7. The maximum absolute atomic E-state index is 12.7. The molecule has 0 bridgehead atoms. The summed E-state index contributed by atoms with van der Waals surface area (Å²) < 4.78 is 28.2. The highest BCUT2D eigenvalue weighted by molar-refractivity contribution is 7.90. The number of aliphatic carboxylic acids is 1. The summed E-state index contributed by atoms with van der Waals surface area (Å²) in [5, 5.41) is 14.1. The van der Waals surface area contributed by atoms with Gasteiger partial charge in [-0.2, -0.15) is 0 Å². The van der Waals surface area contributed by atoms with Gasteiger partial charge in [0.2, 0.25) is 5.91 Å². The van der Waals surface area contributed by atoms with Gasteiger partial charge in [-0.15, -0.1) is 6.58 Å². The van der Waals surface area contributed by atoms with Crippen molar-refractivity contribution in [3.05, 3.63) is 72.3 Å². The third kappa shape index (κ3) is 6.69. The predicted molar refractivity (Wildman–Crippen MR) is 131 cm³/mol. The first-order valence-corrected chi connectivity index (χ1v) is 13.1. The Morgan fingerprint density at radius 2 is 1.60 bits per heavy atom. The molecule has 1 aliphatic rings. The summed E-state index contributed by atoms with van der Waals surface area (Å²) >= 11 is 0. The monoisotopic (exact) mass is 500 g/mol. The number of rotatable bonds is 11. The highest BCUT2D eigenvalue weighted by atomic mass is 32.2. The molecule has 0 aliphatic heterocycles. The van der Waals surface area contributed by atoms with Crippen LogP contribution in [0.15, 0.2) is 61.2 Å². The minimum absolute atomic E-state index is 0.0223. The first-order chi connectivity index (χ1) is 16.6. The van der Waals surface area contributed by atoms with E-state index in [9.17, 15) is 27.9 Å². The van der Waals surface area contributed by atoms with Crippen molar-refractivity contribution in [1.29, 1.82) is 0 Å². The van der Waals surface area contributed by atoms with Crippen molar-refractivity contribution >= 4 is 27.8 Å². The highest BCUT2D eigenvalue weighted by Gasteiger charge is 2.30. The van der Waals surface area contributed by atoms with Crippen LogP contribution in [0.1, 0.15) is 29.9 Å². The second-order valence-corrected chi connectivity index (χ2v) is 10.6. The summed E-state index contributed by atoms with van der Waals surface area (Å²) in [6.45, 7) is 3.61. The van der Waals surface area contributed by atoms with E-state index >= 15 is 0 Å². The van der Waals surface area contributed by atoms with Crippen LogP contribution in [0, 0.1) is 0 Å². The van der Waals surface area contributed by atoms with Gasteiger partial charge in [-0.1, -0.05) is 54.6 Å². The highest BCUT2D eigenvalue weighted by Crippen LogP contribution is 2.44. The zero-order chi connectivity index (χ0) is 25.6. The van der Waals surface area contributed by atoms with Crippen LogP contribution >= 0.6 is 0 Å². The van der Waals surface area contributed by atoms with Crippen LogP contribution in [0.5, 0.6) is 0 Å². The molecule has 35 heavy (non-hydrogen) atoms. The van der Waals surface area contributed by atoms with Crippen LogP contribution in [0.4, 0.5) is 4.79 Å². The van der Waals surface area contributed by atoms with Crippen molar-refractivity contribution in [2.24, 2.45) is 0 Å². The van der Waals surface area contributed by atoms with Crippen LogP contribution < -0.4 is 10.6 Å². The number of benzene rings is 2. The number of ether oxygens (including phenoxy) is 1. The molecule has 2 atom stereocenters. The van der Waals surface area contributed by atoms with Crippen molar-refractivity contribution < 1.29 is 32.6 Å². The van der Waals surface area contributed by atoms with Crippen LogP contribution in [0.25, 0.3) is 11.1 Å². The molecule has 2 aromatic carbocycles. The Hall–Kier alpha value is -3.66. The quantitative estimate of drug-likeness (QED) is 0.403. The summed E-state index contributed by atoms with van der Waals surface area (Å²) in [7, 11) is -3.42. The van der Waals surface area contributed by atoms with Gasteiger partial charge in [-0.05, 0) is 35.1 Å². The van der Waals surface area contributed by atoms with Gasteiger partial charge < -0.3 is 20.5 Å². The Bertz CT molecular complexity index is 1180. The van der Waals surface area contributed by atoms with E-state index in [0.29, 0.717) is 0 Å². The number of sulfone groups is 1. The van der Waals surface area contributed by atoms with E-state index < -0.39 is 45.6 Å². The average molecular weight is 501 g/mol. The number of fused-ring (bicyclic) bond motifs is 3. The Morgan fingerprint density at radius 3 is 2.11 bits per heavy atom. The minimum atomic E-state index is -3.42. The van der Waals surface area contributed by atoms with Crippen LogP contribution in [-0.2, 0) is 24.2 Å². The maximum Gasteiger partial charge on any atom is 0.407 e. The fourth-order valence-electron chi connectivity index (χ4n) is 4.04. The van der Waals surface area contributed by atoms with Crippen LogP contribution in [0.2, 0.25) is 0 Å². The Kier molecular flexibility index (Phi) is 8.29. The molecule has 0 heterocycles. The van der Waals surface area contributed by atoms with Crippen molar-refractivity contribution in [3.8, 4) is 11.1 Å². The third-order valence-corrected chi connectivity index (χ3v) is 6.72. The summed E-state index contributed by atoms with van der Waals surface area (Å²) in [6.07, 6.45) is 1.27. The van der Waals surface area contributed by atoms with E-state index in [-0.39, 0.29) is 25.4 Å². The van der Waals surface area contributed by atoms with E-state index in [1.807, 2.05) is 48.5 Å². The minimum Gasteiger partial charge on any atom is -0.480 e. The molecule has 3 N–H and O–H groups in total. The second kappa shape index (κ2) is 11.2. The van der Waals surface area contributed by atoms with Gasteiger partial charge in [0.1, 0.15) is 28.5 Å². The second-order valence-electron chi connectivity index (χ2n) is 8.36. The molecular formula is C25H28N2O7S. The average Bonchev–Trinajstić information content (AvgIpc) is 3.13. The summed E-state index contributed by atoms with van der Waals surface area (Å²) in [5.41, 5.74) is 4.23. The van der Waals surface area contributed by atoms with Gasteiger partial charge in [-0.3, -0.25) is 4.79 Å². The molecule has 0 radical (unpaired) electrons. The lowest BCUT2D eigenvalue weighted by atomic mass is 9.98. The fourth-order valence-corrected chi connectivity index (χ4v) is 4.71. The Morgan fingerprint density at radius 1 is 1.03 bits per heavy atom. The molecule has 3 rings (SSSR count). The molecule has 9 nitrogen and oxygen atoms in total.